The van der Waals surface area contributed by atoms with Crippen molar-refractivity contribution in [1.82, 2.24) is 4.90 Å². The molecule has 0 radical (unpaired) electrons. The summed E-state index contributed by atoms with van der Waals surface area (Å²) in [5.41, 5.74) is 0.109. The Morgan fingerprint density at radius 3 is 2.59 bits per heavy atom. The molecule has 0 saturated carbocycles. The van der Waals surface area contributed by atoms with Gasteiger partial charge in [0.2, 0.25) is 0 Å². The highest BCUT2D eigenvalue weighted by Gasteiger charge is 2.43. The van der Waals surface area contributed by atoms with E-state index in [2.05, 4.69) is 0 Å². The summed E-state index contributed by atoms with van der Waals surface area (Å²) in [5.74, 6) is 0.174. The van der Waals surface area contributed by atoms with Crippen LogP contribution in [0.15, 0.2) is 24.3 Å². The van der Waals surface area contributed by atoms with Crippen LogP contribution >= 0.6 is 0 Å². The number of hydrogen-bond acceptors (Lipinski definition) is 4. The number of aldehydes is 1. The van der Waals surface area contributed by atoms with E-state index in [-0.39, 0.29) is 17.1 Å². The van der Waals surface area contributed by atoms with E-state index in [0.717, 1.165) is 19.1 Å². The molecule has 1 saturated heterocycles. The Labute approximate surface area is 129 Å². The van der Waals surface area contributed by atoms with Crippen molar-refractivity contribution in [2.45, 2.75) is 38.6 Å². The Balaban J connectivity index is 2.15. The number of non-ortho nitro benzene ring substituents is 1. The second-order valence-corrected chi connectivity index (χ2v) is 6.14. The summed E-state index contributed by atoms with van der Waals surface area (Å²) in [6, 6.07) is 5.69. The van der Waals surface area contributed by atoms with Gasteiger partial charge in [-0.25, -0.2) is 0 Å². The van der Waals surface area contributed by atoms with E-state index >= 15 is 0 Å². The van der Waals surface area contributed by atoms with E-state index in [1.54, 1.807) is 0 Å². The zero-order valence-corrected chi connectivity index (χ0v) is 12.8. The van der Waals surface area contributed by atoms with Crippen molar-refractivity contribution in [3.8, 4) is 0 Å². The van der Waals surface area contributed by atoms with Gasteiger partial charge in [0.15, 0.2) is 0 Å². The van der Waals surface area contributed by atoms with E-state index in [4.69, 9.17) is 0 Å². The van der Waals surface area contributed by atoms with E-state index in [1.165, 1.54) is 24.3 Å². The molecule has 1 aliphatic rings. The Bertz CT molecular complexity index is 580. The maximum Gasteiger partial charge on any atom is 0.269 e. The molecule has 6 nitrogen and oxygen atoms in total. The summed E-state index contributed by atoms with van der Waals surface area (Å²) >= 11 is 0. The second-order valence-electron chi connectivity index (χ2n) is 6.14. The third-order valence-electron chi connectivity index (χ3n) is 4.60. The molecule has 2 rings (SSSR count). The Morgan fingerprint density at radius 1 is 1.41 bits per heavy atom. The number of benzene rings is 1. The zero-order chi connectivity index (χ0) is 16.3. The molecule has 0 N–H and O–H groups in total. The van der Waals surface area contributed by atoms with Gasteiger partial charge < -0.3 is 9.69 Å². The molecule has 1 aliphatic heterocycles. The van der Waals surface area contributed by atoms with Gasteiger partial charge >= 0.3 is 0 Å². The van der Waals surface area contributed by atoms with Gasteiger partial charge in [0.05, 0.1) is 4.92 Å². The van der Waals surface area contributed by atoms with Gasteiger partial charge in [-0.2, -0.15) is 0 Å². The molecule has 1 fully saturated rings. The fraction of sp³-hybridized carbons (Fsp3) is 0.500. The molecule has 1 unspecified atom stereocenters. The standard InChI is InChI=1S/C16H20N2O4/c1-16(2)13(4-3-11-19)9-10-17(16)15(20)12-5-7-14(8-6-12)18(21)22/h5-8,11,13H,3-4,9-10H2,1-2H3. The summed E-state index contributed by atoms with van der Waals surface area (Å²) in [7, 11) is 0. The predicted molar refractivity (Wildman–Crippen MR) is 81.6 cm³/mol. The molecule has 0 aromatic heterocycles. The maximum absolute atomic E-state index is 12.6. The summed E-state index contributed by atoms with van der Waals surface area (Å²) in [6.45, 7) is 4.67. The lowest BCUT2D eigenvalue weighted by Crippen LogP contribution is -2.46. The van der Waals surface area contributed by atoms with E-state index < -0.39 is 4.92 Å². The molecule has 1 atom stereocenters. The molecule has 1 amide bonds. The van der Waals surface area contributed by atoms with Crippen LogP contribution in [0.1, 0.15) is 43.5 Å². The van der Waals surface area contributed by atoms with E-state index in [0.29, 0.717) is 24.4 Å². The average molecular weight is 304 g/mol. The van der Waals surface area contributed by atoms with Crippen molar-refractivity contribution in [3.05, 3.63) is 39.9 Å². The number of nitro groups is 1. The fourth-order valence-electron chi connectivity index (χ4n) is 3.16. The van der Waals surface area contributed by atoms with Crippen LogP contribution in [0.25, 0.3) is 0 Å². The summed E-state index contributed by atoms with van der Waals surface area (Å²) in [6.07, 6.45) is 3.07. The molecular formula is C16H20N2O4. The minimum Gasteiger partial charge on any atom is -0.333 e. The summed E-state index contributed by atoms with van der Waals surface area (Å²) in [5, 5.41) is 10.7. The maximum atomic E-state index is 12.6. The Morgan fingerprint density at radius 2 is 2.05 bits per heavy atom. The number of carbonyl (C=O) groups excluding carboxylic acids is 2. The highest BCUT2D eigenvalue weighted by atomic mass is 16.6. The average Bonchev–Trinajstić information content (AvgIpc) is 2.79. The summed E-state index contributed by atoms with van der Waals surface area (Å²) < 4.78 is 0. The second kappa shape index (κ2) is 6.25. The van der Waals surface area contributed by atoms with Crippen LogP contribution in [0.2, 0.25) is 0 Å². The SMILES string of the molecule is CC1(C)C(CCC=O)CCN1C(=O)c1ccc([N+](=O)[O-])cc1. The number of rotatable bonds is 5. The fourth-order valence-corrected chi connectivity index (χ4v) is 3.16. The monoisotopic (exact) mass is 304 g/mol. The Kier molecular flexibility index (Phi) is 4.59. The molecule has 1 heterocycles. The summed E-state index contributed by atoms with van der Waals surface area (Å²) in [4.78, 5) is 35.2. The topological polar surface area (TPSA) is 80.5 Å². The first-order chi connectivity index (χ1) is 10.4. The highest BCUT2D eigenvalue weighted by Crippen LogP contribution is 2.38. The van der Waals surface area contributed by atoms with Crippen LogP contribution in [0.3, 0.4) is 0 Å². The van der Waals surface area contributed by atoms with Gasteiger partial charge in [0, 0.05) is 36.2 Å². The first-order valence-electron chi connectivity index (χ1n) is 7.38. The molecule has 118 valence electrons. The lowest BCUT2D eigenvalue weighted by Gasteiger charge is -2.36. The molecule has 0 bridgehead atoms. The number of hydrogen-bond donors (Lipinski definition) is 0. The molecule has 1 aromatic carbocycles. The van der Waals surface area contributed by atoms with Crippen LogP contribution < -0.4 is 0 Å². The third kappa shape index (κ3) is 3.00. The lowest BCUT2D eigenvalue weighted by molar-refractivity contribution is -0.384. The van der Waals surface area contributed by atoms with Crippen LogP contribution in [0, 0.1) is 16.0 Å². The van der Waals surface area contributed by atoms with Gasteiger partial charge in [-0.3, -0.25) is 14.9 Å². The zero-order valence-electron chi connectivity index (χ0n) is 12.8. The van der Waals surface area contributed by atoms with Crippen molar-refractivity contribution < 1.29 is 14.5 Å². The van der Waals surface area contributed by atoms with Crippen molar-refractivity contribution in [2.75, 3.05) is 6.54 Å². The molecule has 0 aliphatic carbocycles. The van der Waals surface area contributed by atoms with Crippen LogP contribution in [-0.4, -0.2) is 34.1 Å². The van der Waals surface area contributed by atoms with Gasteiger partial charge in [0.25, 0.3) is 11.6 Å². The number of amides is 1. The number of carbonyl (C=O) groups is 2. The number of nitro benzene ring substituents is 1. The third-order valence-corrected chi connectivity index (χ3v) is 4.60. The van der Waals surface area contributed by atoms with Crippen LogP contribution in [-0.2, 0) is 4.79 Å². The lowest BCUT2D eigenvalue weighted by atomic mass is 9.85. The molecular weight excluding hydrogens is 284 g/mol. The van der Waals surface area contributed by atoms with Gasteiger partial charge in [0.1, 0.15) is 6.29 Å². The first-order valence-corrected chi connectivity index (χ1v) is 7.38. The largest absolute Gasteiger partial charge is 0.333 e. The van der Waals surface area contributed by atoms with Crippen molar-refractivity contribution in [1.29, 1.82) is 0 Å². The first kappa shape index (κ1) is 16.1. The van der Waals surface area contributed by atoms with Crippen molar-refractivity contribution >= 4 is 17.9 Å². The predicted octanol–water partition coefficient (Wildman–Crippen LogP) is 2.81. The van der Waals surface area contributed by atoms with Crippen molar-refractivity contribution in [3.63, 3.8) is 0 Å². The minimum absolute atomic E-state index is 0.0268. The molecule has 1 aromatic rings. The highest BCUT2D eigenvalue weighted by molar-refractivity contribution is 5.95. The van der Waals surface area contributed by atoms with E-state index in [1.807, 2.05) is 18.7 Å². The van der Waals surface area contributed by atoms with Crippen molar-refractivity contribution in [2.24, 2.45) is 5.92 Å². The number of nitrogens with zero attached hydrogens (tertiary/aromatic N) is 2. The van der Waals surface area contributed by atoms with Crippen LogP contribution in [0.5, 0.6) is 0 Å². The smallest absolute Gasteiger partial charge is 0.269 e. The van der Waals surface area contributed by atoms with E-state index in [9.17, 15) is 19.7 Å². The van der Waals surface area contributed by atoms with Crippen LogP contribution in [0.4, 0.5) is 5.69 Å². The molecule has 22 heavy (non-hydrogen) atoms. The quantitative estimate of drug-likeness (QED) is 0.476. The Hall–Kier alpha value is -2.24. The van der Waals surface area contributed by atoms with Gasteiger partial charge in [-0.1, -0.05) is 0 Å². The number of likely N-dealkylation sites (tertiary alicyclic amines) is 1. The minimum atomic E-state index is -0.483. The molecule has 6 heteroatoms. The van der Waals surface area contributed by atoms with Gasteiger partial charge in [-0.05, 0) is 44.7 Å². The molecule has 0 spiro atoms. The van der Waals surface area contributed by atoms with Gasteiger partial charge in [-0.15, -0.1) is 0 Å². The normalized spacial score (nSPS) is 19.9.